The maximum Gasteiger partial charge on any atom is 0.181 e. The molecule has 0 fully saturated rings. The summed E-state index contributed by atoms with van der Waals surface area (Å²) in [6, 6.07) is 8.30. The lowest BCUT2D eigenvalue weighted by molar-refractivity contribution is 0.560. The lowest BCUT2D eigenvalue weighted by Crippen LogP contribution is -2.22. The predicted molar refractivity (Wildman–Crippen MR) is 73.9 cm³/mol. The van der Waals surface area contributed by atoms with Crippen molar-refractivity contribution in [1.82, 2.24) is 5.32 Å². The Morgan fingerprint density at radius 3 is 2.68 bits per heavy atom. The molecular weight excluding hydrogens is 286 g/mol. The largest absolute Gasteiger partial charge is 0.472 e. The molecule has 0 aliphatic heterocycles. The third kappa shape index (κ3) is 3.83. The number of nitrogens with one attached hydrogen (secondary N) is 1. The molecule has 0 spiro atoms. The van der Waals surface area contributed by atoms with Gasteiger partial charge >= 0.3 is 0 Å². The first-order chi connectivity index (χ1) is 9.09. The van der Waals surface area contributed by atoms with E-state index in [1.165, 1.54) is 6.07 Å². The third-order valence-electron chi connectivity index (χ3n) is 2.63. The fourth-order valence-corrected chi connectivity index (χ4v) is 3.41. The van der Waals surface area contributed by atoms with Crippen molar-refractivity contribution in [3.05, 3.63) is 53.4 Å². The minimum Gasteiger partial charge on any atom is -0.472 e. The first-order valence-electron chi connectivity index (χ1n) is 5.79. The fourth-order valence-electron chi connectivity index (χ4n) is 1.64. The van der Waals surface area contributed by atoms with Crippen LogP contribution in [0, 0.1) is 0 Å². The van der Waals surface area contributed by atoms with Crippen molar-refractivity contribution in [2.75, 3.05) is 12.3 Å². The molecule has 102 valence electrons. The van der Waals surface area contributed by atoms with E-state index in [0.29, 0.717) is 13.1 Å². The van der Waals surface area contributed by atoms with Gasteiger partial charge in [0, 0.05) is 18.7 Å². The highest BCUT2D eigenvalue weighted by Crippen LogP contribution is 2.21. The topological polar surface area (TPSA) is 59.3 Å². The molecule has 6 heteroatoms. The van der Waals surface area contributed by atoms with Crippen molar-refractivity contribution in [3.8, 4) is 0 Å². The van der Waals surface area contributed by atoms with Crippen LogP contribution < -0.4 is 5.32 Å². The fraction of sp³-hybridized carbons (Fsp3) is 0.231. The first kappa shape index (κ1) is 14.1. The SMILES string of the molecule is O=S(=O)(CCNCc1ccoc1)c1ccccc1Cl. The van der Waals surface area contributed by atoms with Crippen molar-refractivity contribution in [1.29, 1.82) is 0 Å². The summed E-state index contributed by atoms with van der Waals surface area (Å²) >= 11 is 5.89. The van der Waals surface area contributed by atoms with Crippen LogP contribution in [0.5, 0.6) is 0 Å². The van der Waals surface area contributed by atoms with Gasteiger partial charge in [-0.05, 0) is 18.2 Å². The molecular formula is C13H14ClNO3S. The molecule has 0 saturated heterocycles. The standard InChI is InChI=1S/C13H14ClNO3S/c14-12-3-1-2-4-13(12)19(16,17)8-6-15-9-11-5-7-18-10-11/h1-5,7,10,15H,6,8-9H2. The van der Waals surface area contributed by atoms with Crippen LogP contribution in [0.2, 0.25) is 5.02 Å². The Morgan fingerprint density at radius 1 is 1.21 bits per heavy atom. The number of halogens is 1. The van der Waals surface area contributed by atoms with Crippen LogP contribution in [0.25, 0.3) is 0 Å². The van der Waals surface area contributed by atoms with Crippen LogP contribution in [-0.2, 0) is 16.4 Å². The second kappa shape index (κ2) is 6.23. The normalized spacial score (nSPS) is 11.6. The lowest BCUT2D eigenvalue weighted by atomic mass is 10.3. The zero-order valence-corrected chi connectivity index (χ0v) is 11.7. The molecule has 4 nitrogen and oxygen atoms in total. The van der Waals surface area contributed by atoms with Gasteiger partial charge < -0.3 is 9.73 Å². The zero-order chi connectivity index (χ0) is 13.7. The smallest absolute Gasteiger partial charge is 0.181 e. The minimum atomic E-state index is -3.35. The molecule has 0 radical (unpaired) electrons. The van der Waals surface area contributed by atoms with Gasteiger partial charge in [-0.1, -0.05) is 23.7 Å². The molecule has 2 aromatic rings. The van der Waals surface area contributed by atoms with E-state index in [2.05, 4.69) is 5.32 Å². The van der Waals surface area contributed by atoms with Crippen molar-refractivity contribution >= 4 is 21.4 Å². The average molecular weight is 300 g/mol. The maximum atomic E-state index is 12.1. The molecule has 0 aliphatic carbocycles. The number of benzene rings is 1. The van der Waals surface area contributed by atoms with Crippen LogP contribution in [0.3, 0.4) is 0 Å². The van der Waals surface area contributed by atoms with Crippen molar-refractivity contribution in [2.45, 2.75) is 11.4 Å². The molecule has 0 saturated carbocycles. The van der Waals surface area contributed by atoms with Gasteiger partial charge in [-0.15, -0.1) is 0 Å². The van der Waals surface area contributed by atoms with Gasteiger partial charge in [-0.3, -0.25) is 0 Å². The van der Waals surface area contributed by atoms with Gasteiger partial charge in [0.1, 0.15) is 0 Å². The van der Waals surface area contributed by atoms with E-state index in [0.717, 1.165) is 5.56 Å². The second-order valence-electron chi connectivity index (χ2n) is 4.06. The molecule has 0 unspecified atom stereocenters. The van der Waals surface area contributed by atoms with Gasteiger partial charge in [0.15, 0.2) is 9.84 Å². The highest BCUT2D eigenvalue weighted by molar-refractivity contribution is 7.91. The number of rotatable bonds is 6. The Labute approximate surface area is 117 Å². The van der Waals surface area contributed by atoms with E-state index in [4.69, 9.17) is 16.0 Å². The van der Waals surface area contributed by atoms with Crippen LogP contribution >= 0.6 is 11.6 Å². The van der Waals surface area contributed by atoms with Crippen LogP contribution in [0.15, 0.2) is 52.2 Å². The molecule has 0 amide bonds. The number of hydrogen-bond acceptors (Lipinski definition) is 4. The predicted octanol–water partition coefficient (Wildman–Crippen LogP) is 2.50. The van der Waals surface area contributed by atoms with Gasteiger partial charge in [0.05, 0.1) is 28.2 Å². The zero-order valence-electron chi connectivity index (χ0n) is 10.2. The van der Waals surface area contributed by atoms with Crippen molar-refractivity contribution in [3.63, 3.8) is 0 Å². The highest BCUT2D eigenvalue weighted by atomic mass is 35.5. The quantitative estimate of drug-likeness (QED) is 0.833. The molecule has 19 heavy (non-hydrogen) atoms. The Bertz CT molecular complexity index is 623. The highest BCUT2D eigenvalue weighted by Gasteiger charge is 2.16. The van der Waals surface area contributed by atoms with Crippen LogP contribution in [-0.4, -0.2) is 20.7 Å². The van der Waals surface area contributed by atoms with E-state index in [9.17, 15) is 8.42 Å². The summed E-state index contributed by atoms with van der Waals surface area (Å²) in [6.45, 7) is 0.938. The number of sulfone groups is 1. The van der Waals surface area contributed by atoms with Gasteiger partial charge in [-0.25, -0.2) is 8.42 Å². The molecule has 1 N–H and O–H groups in total. The lowest BCUT2D eigenvalue weighted by Gasteiger charge is -2.07. The van der Waals surface area contributed by atoms with E-state index >= 15 is 0 Å². The van der Waals surface area contributed by atoms with E-state index in [1.807, 2.05) is 6.07 Å². The molecule has 1 aromatic heterocycles. The van der Waals surface area contributed by atoms with Gasteiger partial charge in [0.2, 0.25) is 0 Å². The van der Waals surface area contributed by atoms with E-state index in [1.54, 1.807) is 30.7 Å². The Kier molecular flexibility index (Phi) is 4.63. The Morgan fingerprint density at radius 2 is 2.00 bits per heavy atom. The Balaban J connectivity index is 1.90. The molecule has 0 bridgehead atoms. The average Bonchev–Trinajstić information content (AvgIpc) is 2.88. The number of hydrogen-bond donors (Lipinski definition) is 1. The summed E-state index contributed by atoms with van der Waals surface area (Å²) in [5, 5.41) is 3.31. The summed E-state index contributed by atoms with van der Waals surface area (Å²) in [5.41, 5.74) is 0.982. The summed E-state index contributed by atoms with van der Waals surface area (Å²) in [6.07, 6.45) is 3.20. The molecule has 1 heterocycles. The summed E-state index contributed by atoms with van der Waals surface area (Å²) in [4.78, 5) is 0.182. The molecule has 1 aromatic carbocycles. The van der Waals surface area contributed by atoms with Crippen LogP contribution in [0.4, 0.5) is 0 Å². The van der Waals surface area contributed by atoms with Crippen molar-refractivity contribution in [2.24, 2.45) is 0 Å². The second-order valence-corrected chi connectivity index (χ2v) is 6.54. The summed E-state index contributed by atoms with van der Waals surface area (Å²) < 4.78 is 29.1. The van der Waals surface area contributed by atoms with Gasteiger partial charge in [0.25, 0.3) is 0 Å². The first-order valence-corrected chi connectivity index (χ1v) is 7.82. The maximum absolute atomic E-state index is 12.1. The van der Waals surface area contributed by atoms with E-state index in [-0.39, 0.29) is 15.7 Å². The molecule has 0 aliphatic rings. The van der Waals surface area contributed by atoms with E-state index < -0.39 is 9.84 Å². The monoisotopic (exact) mass is 299 g/mol. The Hall–Kier alpha value is -1.30. The summed E-state index contributed by atoms with van der Waals surface area (Å²) in [5.74, 6) is 0.00852. The molecule has 2 rings (SSSR count). The van der Waals surface area contributed by atoms with Crippen LogP contribution in [0.1, 0.15) is 5.56 Å². The van der Waals surface area contributed by atoms with Crippen molar-refractivity contribution < 1.29 is 12.8 Å². The third-order valence-corrected chi connectivity index (χ3v) is 4.84. The number of furan rings is 1. The minimum absolute atomic E-state index is 0.00852. The van der Waals surface area contributed by atoms with Gasteiger partial charge in [-0.2, -0.15) is 0 Å². The molecule has 0 atom stereocenters. The summed E-state index contributed by atoms with van der Waals surface area (Å²) in [7, 11) is -3.35.